The molecule has 3 nitrogen and oxygen atoms in total. The summed E-state index contributed by atoms with van der Waals surface area (Å²) in [6.07, 6.45) is 4.00. The predicted molar refractivity (Wildman–Crippen MR) is 93.2 cm³/mol. The largest absolute Gasteiger partial charge is 0.348 e. The Morgan fingerprint density at radius 3 is 2.67 bits per heavy atom. The summed E-state index contributed by atoms with van der Waals surface area (Å²) in [6, 6.07) is 0.528. The molecule has 1 unspecified atom stereocenters. The van der Waals surface area contributed by atoms with Crippen molar-refractivity contribution in [1.29, 1.82) is 0 Å². The van der Waals surface area contributed by atoms with Gasteiger partial charge in [-0.3, -0.25) is 0 Å². The van der Waals surface area contributed by atoms with E-state index in [0.29, 0.717) is 6.04 Å². The molecule has 0 saturated carbocycles. The fourth-order valence-corrected chi connectivity index (χ4v) is 4.05. The van der Waals surface area contributed by atoms with Crippen LogP contribution in [-0.4, -0.2) is 24.1 Å². The fraction of sp³-hybridized carbons (Fsp3) is 0.824. The molecule has 0 radical (unpaired) electrons. The lowest BCUT2D eigenvalue weighted by Crippen LogP contribution is -2.24. The number of hydrogen-bond donors (Lipinski definition) is 1. The van der Waals surface area contributed by atoms with Gasteiger partial charge in [-0.2, -0.15) is 0 Å². The van der Waals surface area contributed by atoms with Crippen molar-refractivity contribution in [3.05, 3.63) is 10.6 Å². The van der Waals surface area contributed by atoms with E-state index in [2.05, 4.69) is 44.8 Å². The number of rotatable bonds is 5. The van der Waals surface area contributed by atoms with Gasteiger partial charge in [-0.15, -0.1) is 11.3 Å². The molecule has 1 saturated heterocycles. The zero-order valence-electron chi connectivity index (χ0n) is 14.3. The molecule has 1 aliphatic rings. The molecule has 2 rings (SSSR count). The number of thiazole rings is 1. The summed E-state index contributed by atoms with van der Waals surface area (Å²) < 4.78 is 0. The second-order valence-corrected chi connectivity index (χ2v) is 8.02. The van der Waals surface area contributed by atoms with Crippen LogP contribution >= 0.6 is 11.3 Å². The summed E-state index contributed by atoms with van der Waals surface area (Å²) in [5.74, 6) is 1.70. The van der Waals surface area contributed by atoms with Crippen molar-refractivity contribution in [2.75, 3.05) is 18.0 Å². The van der Waals surface area contributed by atoms with Crippen molar-refractivity contribution in [2.45, 2.75) is 66.5 Å². The van der Waals surface area contributed by atoms with Crippen molar-refractivity contribution in [1.82, 2.24) is 10.3 Å². The Morgan fingerprint density at radius 2 is 2.00 bits per heavy atom. The van der Waals surface area contributed by atoms with E-state index in [4.69, 9.17) is 4.98 Å². The van der Waals surface area contributed by atoms with Crippen LogP contribution in [-0.2, 0) is 6.54 Å². The maximum Gasteiger partial charge on any atom is 0.185 e. The first-order valence-corrected chi connectivity index (χ1v) is 9.23. The monoisotopic (exact) mass is 309 g/mol. The van der Waals surface area contributed by atoms with E-state index in [0.717, 1.165) is 18.4 Å². The minimum Gasteiger partial charge on any atom is -0.348 e. The highest BCUT2D eigenvalue weighted by atomic mass is 32.1. The molecule has 1 aliphatic heterocycles. The van der Waals surface area contributed by atoms with Crippen LogP contribution in [0.25, 0.3) is 0 Å². The Bertz CT molecular complexity index is 439. The van der Waals surface area contributed by atoms with E-state index in [9.17, 15) is 0 Å². The lowest BCUT2D eigenvalue weighted by molar-refractivity contribution is 0.351. The first-order chi connectivity index (χ1) is 9.97. The molecule has 0 amide bonds. The first kappa shape index (κ1) is 16.8. The lowest BCUT2D eigenvalue weighted by atomic mass is 9.89. The van der Waals surface area contributed by atoms with Gasteiger partial charge in [0.15, 0.2) is 5.13 Å². The van der Waals surface area contributed by atoms with Crippen LogP contribution in [0.2, 0.25) is 0 Å². The zero-order valence-corrected chi connectivity index (χ0v) is 15.1. The van der Waals surface area contributed by atoms with E-state index in [1.54, 1.807) is 0 Å². The number of hydrogen-bond acceptors (Lipinski definition) is 4. The SMILES string of the molecule is Cc1nc(N2CCCC(C(C)C)CC2)sc1CNC(C)C. The molecule has 0 aromatic carbocycles. The third-order valence-corrected chi connectivity index (χ3v) is 5.76. The number of aryl methyl sites for hydroxylation is 1. The van der Waals surface area contributed by atoms with Crippen molar-refractivity contribution in [3.63, 3.8) is 0 Å². The molecule has 1 aromatic rings. The lowest BCUT2D eigenvalue weighted by Gasteiger charge is -2.20. The summed E-state index contributed by atoms with van der Waals surface area (Å²) in [5, 5.41) is 4.74. The Morgan fingerprint density at radius 1 is 1.24 bits per heavy atom. The van der Waals surface area contributed by atoms with Gasteiger partial charge in [0.05, 0.1) is 5.69 Å². The number of nitrogens with zero attached hydrogens (tertiary/aromatic N) is 2. The molecule has 1 N–H and O–H groups in total. The minimum atomic E-state index is 0.528. The normalized spacial score (nSPS) is 20.3. The van der Waals surface area contributed by atoms with Gasteiger partial charge in [0.1, 0.15) is 0 Å². The van der Waals surface area contributed by atoms with Crippen LogP contribution < -0.4 is 10.2 Å². The highest BCUT2D eigenvalue weighted by molar-refractivity contribution is 7.15. The van der Waals surface area contributed by atoms with Crippen LogP contribution in [0.3, 0.4) is 0 Å². The Hall–Kier alpha value is -0.610. The van der Waals surface area contributed by atoms with E-state index in [-0.39, 0.29) is 0 Å². The second kappa shape index (κ2) is 7.59. The van der Waals surface area contributed by atoms with Crippen LogP contribution in [0, 0.1) is 18.8 Å². The highest BCUT2D eigenvalue weighted by Crippen LogP contribution is 2.31. The zero-order chi connectivity index (χ0) is 15.4. The third kappa shape index (κ3) is 4.68. The van der Waals surface area contributed by atoms with Crippen molar-refractivity contribution < 1.29 is 0 Å². The molecule has 1 atom stereocenters. The van der Waals surface area contributed by atoms with Gasteiger partial charge >= 0.3 is 0 Å². The molecular formula is C17H31N3S. The van der Waals surface area contributed by atoms with E-state index in [1.807, 2.05) is 11.3 Å². The topological polar surface area (TPSA) is 28.2 Å². The predicted octanol–water partition coefficient (Wildman–Crippen LogP) is 4.21. The van der Waals surface area contributed by atoms with Crippen molar-refractivity contribution in [3.8, 4) is 0 Å². The van der Waals surface area contributed by atoms with Crippen LogP contribution in [0.4, 0.5) is 5.13 Å². The number of aromatic nitrogens is 1. The minimum absolute atomic E-state index is 0.528. The maximum atomic E-state index is 4.83. The molecule has 21 heavy (non-hydrogen) atoms. The number of anilines is 1. The third-order valence-electron chi connectivity index (χ3n) is 4.54. The number of nitrogens with one attached hydrogen (secondary N) is 1. The Balaban J connectivity index is 2.00. The molecule has 0 bridgehead atoms. The summed E-state index contributed by atoms with van der Waals surface area (Å²) >= 11 is 1.88. The van der Waals surface area contributed by atoms with Crippen LogP contribution in [0.1, 0.15) is 57.5 Å². The molecule has 4 heteroatoms. The smallest absolute Gasteiger partial charge is 0.185 e. The van der Waals surface area contributed by atoms with Crippen molar-refractivity contribution >= 4 is 16.5 Å². The van der Waals surface area contributed by atoms with E-state index < -0.39 is 0 Å². The molecule has 1 aromatic heterocycles. The molecule has 1 fully saturated rings. The average molecular weight is 310 g/mol. The van der Waals surface area contributed by atoms with Gasteiger partial charge in [-0.05, 0) is 38.0 Å². The summed E-state index contributed by atoms with van der Waals surface area (Å²) in [4.78, 5) is 8.73. The summed E-state index contributed by atoms with van der Waals surface area (Å²) in [7, 11) is 0. The van der Waals surface area contributed by atoms with Gasteiger partial charge in [-0.1, -0.05) is 27.7 Å². The Kier molecular flexibility index (Phi) is 6.06. The summed E-state index contributed by atoms with van der Waals surface area (Å²) in [5.41, 5.74) is 1.20. The Labute approximate surface area is 134 Å². The highest BCUT2D eigenvalue weighted by Gasteiger charge is 2.21. The molecule has 0 spiro atoms. The fourth-order valence-electron chi connectivity index (χ4n) is 2.99. The molecule has 2 heterocycles. The van der Waals surface area contributed by atoms with Gasteiger partial charge in [0.2, 0.25) is 0 Å². The quantitative estimate of drug-likeness (QED) is 0.883. The van der Waals surface area contributed by atoms with Crippen molar-refractivity contribution in [2.24, 2.45) is 11.8 Å². The van der Waals surface area contributed by atoms with Gasteiger partial charge in [0.25, 0.3) is 0 Å². The summed E-state index contributed by atoms with van der Waals surface area (Å²) in [6.45, 7) is 14.6. The standard InChI is InChI=1S/C17H31N3S/c1-12(2)15-7-6-9-20(10-8-15)17-19-14(5)16(21-17)11-18-13(3)4/h12-13,15,18H,6-11H2,1-5H3. The maximum absolute atomic E-state index is 4.83. The van der Waals surface area contributed by atoms with Crippen LogP contribution in [0.5, 0.6) is 0 Å². The first-order valence-electron chi connectivity index (χ1n) is 8.42. The molecule has 0 aliphatic carbocycles. The van der Waals surface area contributed by atoms with Gasteiger partial charge < -0.3 is 10.2 Å². The van der Waals surface area contributed by atoms with E-state index in [1.165, 1.54) is 48.1 Å². The molecule has 120 valence electrons. The van der Waals surface area contributed by atoms with Crippen LogP contribution in [0.15, 0.2) is 0 Å². The average Bonchev–Trinajstić information content (AvgIpc) is 2.64. The van der Waals surface area contributed by atoms with Gasteiger partial charge in [-0.25, -0.2) is 4.98 Å². The second-order valence-electron chi connectivity index (χ2n) is 6.96. The molecular weight excluding hydrogens is 278 g/mol. The van der Waals surface area contributed by atoms with E-state index >= 15 is 0 Å². The van der Waals surface area contributed by atoms with Gasteiger partial charge in [0, 0.05) is 30.6 Å².